The van der Waals surface area contributed by atoms with E-state index in [1.54, 1.807) is 28.4 Å². The van der Waals surface area contributed by atoms with Crippen LogP contribution in [0.25, 0.3) is 0 Å². The van der Waals surface area contributed by atoms with Gasteiger partial charge in [0.15, 0.2) is 0 Å². The molecule has 1 saturated heterocycles. The molecular formula is C13H18O5. The van der Waals surface area contributed by atoms with Gasteiger partial charge in [0.25, 0.3) is 0 Å². The third kappa shape index (κ3) is 1.89. The van der Waals surface area contributed by atoms with E-state index in [4.69, 9.17) is 23.7 Å². The lowest BCUT2D eigenvalue weighted by atomic mass is 9.89. The first kappa shape index (κ1) is 13.0. The van der Waals surface area contributed by atoms with Gasteiger partial charge < -0.3 is 23.7 Å². The number of methoxy groups -OCH3 is 4. The number of benzene rings is 1. The van der Waals surface area contributed by atoms with E-state index in [1.807, 2.05) is 12.1 Å². The molecule has 5 heteroatoms. The highest BCUT2D eigenvalue weighted by molar-refractivity contribution is 5.54. The van der Waals surface area contributed by atoms with Crippen molar-refractivity contribution in [1.82, 2.24) is 0 Å². The van der Waals surface area contributed by atoms with Gasteiger partial charge in [-0.3, -0.25) is 0 Å². The van der Waals surface area contributed by atoms with Gasteiger partial charge >= 0.3 is 0 Å². The SMILES string of the molecule is COc1cc(OC)c(C2(OC)COC2)c(OC)c1. The van der Waals surface area contributed by atoms with Crippen molar-refractivity contribution in [2.45, 2.75) is 5.60 Å². The molecule has 5 nitrogen and oxygen atoms in total. The molecule has 18 heavy (non-hydrogen) atoms. The van der Waals surface area contributed by atoms with Crippen molar-refractivity contribution in [3.8, 4) is 17.2 Å². The average Bonchev–Trinajstić information content (AvgIpc) is 2.37. The molecule has 1 fully saturated rings. The van der Waals surface area contributed by atoms with Gasteiger partial charge in [0.1, 0.15) is 22.8 Å². The van der Waals surface area contributed by atoms with Crippen molar-refractivity contribution in [1.29, 1.82) is 0 Å². The molecule has 0 aromatic heterocycles. The van der Waals surface area contributed by atoms with Crippen molar-refractivity contribution in [3.05, 3.63) is 17.7 Å². The van der Waals surface area contributed by atoms with Gasteiger partial charge in [-0.2, -0.15) is 0 Å². The van der Waals surface area contributed by atoms with Crippen LogP contribution in [0.2, 0.25) is 0 Å². The van der Waals surface area contributed by atoms with Crippen molar-refractivity contribution in [2.24, 2.45) is 0 Å². The van der Waals surface area contributed by atoms with E-state index >= 15 is 0 Å². The Morgan fingerprint density at radius 2 is 1.50 bits per heavy atom. The Labute approximate surface area is 107 Å². The van der Waals surface area contributed by atoms with E-state index in [-0.39, 0.29) is 0 Å². The monoisotopic (exact) mass is 254 g/mol. The van der Waals surface area contributed by atoms with Crippen LogP contribution >= 0.6 is 0 Å². The Balaban J connectivity index is 2.56. The van der Waals surface area contributed by atoms with E-state index in [9.17, 15) is 0 Å². The van der Waals surface area contributed by atoms with Gasteiger partial charge in [-0.25, -0.2) is 0 Å². The van der Waals surface area contributed by atoms with Crippen LogP contribution < -0.4 is 14.2 Å². The minimum Gasteiger partial charge on any atom is -0.496 e. The van der Waals surface area contributed by atoms with Crippen LogP contribution in [-0.4, -0.2) is 41.7 Å². The standard InChI is InChI=1S/C13H18O5/c1-14-9-5-10(15-2)12(11(6-9)16-3)13(17-4)7-18-8-13/h5-6H,7-8H2,1-4H3. The molecular weight excluding hydrogens is 236 g/mol. The van der Waals surface area contributed by atoms with E-state index in [0.29, 0.717) is 30.5 Å². The maximum Gasteiger partial charge on any atom is 0.146 e. The summed E-state index contributed by atoms with van der Waals surface area (Å²) in [5, 5.41) is 0. The van der Waals surface area contributed by atoms with E-state index < -0.39 is 5.60 Å². The van der Waals surface area contributed by atoms with Crippen LogP contribution in [0, 0.1) is 0 Å². The Morgan fingerprint density at radius 3 is 1.78 bits per heavy atom. The Morgan fingerprint density at radius 1 is 0.944 bits per heavy atom. The second-order valence-electron chi connectivity index (χ2n) is 4.10. The van der Waals surface area contributed by atoms with E-state index in [2.05, 4.69) is 0 Å². The zero-order chi connectivity index (χ0) is 13.2. The summed E-state index contributed by atoms with van der Waals surface area (Å²) >= 11 is 0. The van der Waals surface area contributed by atoms with Gasteiger partial charge in [-0.05, 0) is 0 Å². The molecule has 100 valence electrons. The molecule has 1 heterocycles. The number of hydrogen-bond acceptors (Lipinski definition) is 5. The lowest BCUT2D eigenvalue weighted by molar-refractivity contribution is -0.203. The second-order valence-corrected chi connectivity index (χ2v) is 4.10. The molecule has 0 unspecified atom stereocenters. The summed E-state index contributed by atoms with van der Waals surface area (Å²) in [5.41, 5.74) is 0.366. The molecule has 0 amide bonds. The molecule has 0 aliphatic carbocycles. The fourth-order valence-electron chi connectivity index (χ4n) is 2.11. The number of hydrogen-bond donors (Lipinski definition) is 0. The van der Waals surface area contributed by atoms with Crippen LogP contribution in [0.15, 0.2) is 12.1 Å². The molecule has 1 aromatic rings. The zero-order valence-electron chi connectivity index (χ0n) is 11.1. The molecule has 0 saturated carbocycles. The zero-order valence-corrected chi connectivity index (χ0v) is 11.1. The van der Waals surface area contributed by atoms with Gasteiger partial charge in [-0.1, -0.05) is 0 Å². The van der Waals surface area contributed by atoms with Crippen molar-refractivity contribution in [3.63, 3.8) is 0 Å². The molecule has 0 bridgehead atoms. The lowest BCUT2D eigenvalue weighted by Crippen LogP contribution is -2.48. The van der Waals surface area contributed by atoms with Crippen molar-refractivity contribution >= 4 is 0 Å². The normalized spacial score (nSPS) is 16.9. The second kappa shape index (κ2) is 5.04. The van der Waals surface area contributed by atoms with Crippen molar-refractivity contribution in [2.75, 3.05) is 41.7 Å². The van der Waals surface area contributed by atoms with Gasteiger partial charge in [0, 0.05) is 19.2 Å². The predicted molar refractivity (Wildman–Crippen MR) is 65.6 cm³/mol. The molecule has 0 N–H and O–H groups in total. The molecule has 0 radical (unpaired) electrons. The molecule has 0 spiro atoms. The van der Waals surface area contributed by atoms with E-state index in [1.165, 1.54) is 0 Å². The molecule has 1 aromatic carbocycles. The Bertz CT molecular complexity index is 395. The van der Waals surface area contributed by atoms with Crippen LogP contribution in [-0.2, 0) is 15.1 Å². The number of ether oxygens (including phenoxy) is 5. The van der Waals surface area contributed by atoms with Crippen LogP contribution in [0.1, 0.15) is 5.56 Å². The highest BCUT2D eigenvalue weighted by atomic mass is 16.6. The summed E-state index contributed by atoms with van der Waals surface area (Å²) in [5.74, 6) is 2.03. The summed E-state index contributed by atoms with van der Waals surface area (Å²) in [4.78, 5) is 0. The first-order chi connectivity index (χ1) is 8.70. The highest BCUT2D eigenvalue weighted by Gasteiger charge is 2.45. The fourth-order valence-corrected chi connectivity index (χ4v) is 2.11. The first-order valence-corrected chi connectivity index (χ1v) is 5.64. The molecule has 1 aliphatic heterocycles. The van der Waals surface area contributed by atoms with Crippen LogP contribution in [0.3, 0.4) is 0 Å². The minimum absolute atomic E-state index is 0.489. The lowest BCUT2D eigenvalue weighted by Gasteiger charge is -2.41. The Kier molecular flexibility index (Phi) is 3.63. The fraction of sp³-hybridized carbons (Fsp3) is 0.538. The first-order valence-electron chi connectivity index (χ1n) is 5.64. The van der Waals surface area contributed by atoms with Crippen LogP contribution in [0.4, 0.5) is 0 Å². The Hall–Kier alpha value is -1.46. The quantitative estimate of drug-likeness (QED) is 0.798. The van der Waals surface area contributed by atoms with E-state index in [0.717, 1.165) is 5.56 Å². The minimum atomic E-state index is -0.497. The molecule has 0 atom stereocenters. The topological polar surface area (TPSA) is 46.2 Å². The van der Waals surface area contributed by atoms with Gasteiger partial charge in [-0.15, -0.1) is 0 Å². The molecule has 1 aliphatic rings. The number of rotatable bonds is 5. The van der Waals surface area contributed by atoms with Crippen LogP contribution in [0.5, 0.6) is 17.2 Å². The summed E-state index contributed by atoms with van der Waals surface area (Å²) in [6.45, 7) is 0.977. The van der Waals surface area contributed by atoms with Crippen molar-refractivity contribution < 1.29 is 23.7 Å². The van der Waals surface area contributed by atoms with Gasteiger partial charge in [0.2, 0.25) is 0 Å². The summed E-state index contributed by atoms with van der Waals surface area (Å²) in [6.07, 6.45) is 0. The summed E-state index contributed by atoms with van der Waals surface area (Å²) in [6, 6.07) is 3.63. The smallest absolute Gasteiger partial charge is 0.146 e. The predicted octanol–water partition coefficient (Wildman–Crippen LogP) is 1.58. The summed E-state index contributed by atoms with van der Waals surface area (Å²) < 4.78 is 26.9. The largest absolute Gasteiger partial charge is 0.496 e. The maximum absolute atomic E-state index is 5.59. The summed E-state index contributed by atoms with van der Waals surface area (Å²) in [7, 11) is 6.49. The third-order valence-corrected chi connectivity index (χ3v) is 3.23. The van der Waals surface area contributed by atoms with Gasteiger partial charge in [0.05, 0.1) is 40.1 Å². The molecule has 2 rings (SSSR count). The highest BCUT2D eigenvalue weighted by Crippen LogP contribution is 2.46. The third-order valence-electron chi connectivity index (χ3n) is 3.23. The average molecular weight is 254 g/mol. The maximum atomic E-state index is 5.59.